The van der Waals surface area contributed by atoms with Gasteiger partial charge in [-0.05, 0) is 29.7 Å². The summed E-state index contributed by atoms with van der Waals surface area (Å²) in [5, 5.41) is 3.00. The van der Waals surface area contributed by atoms with Gasteiger partial charge in [-0.1, -0.05) is 32.0 Å². The van der Waals surface area contributed by atoms with Gasteiger partial charge in [-0.25, -0.2) is 0 Å². The van der Waals surface area contributed by atoms with E-state index >= 15 is 0 Å². The number of carbonyl (C=O) groups is 2. The number of carbonyl (C=O) groups excluding carboxylic acids is 2. The van der Waals surface area contributed by atoms with Crippen molar-refractivity contribution in [3.63, 3.8) is 0 Å². The van der Waals surface area contributed by atoms with Crippen molar-refractivity contribution in [3.05, 3.63) is 48.0 Å². The molecule has 6 nitrogen and oxygen atoms in total. The second kappa shape index (κ2) is 8.33. The van der Waals surface area contributed by atoms with Gasteiger partial charge in [0.05, 0.1) is 25.8 Å². The Morgan fingerprint density at radius 2 is 1.89 bits per heavy atom. The Kier molecular flexibility index (Phi) is 5.87. The average Bonchev–Trinajstić information content (AvgIpc) is 3.09. The molecule has 0 radical (unpaired) electrons. The number of hydrogen-bond donors (Lipinski definition) is 1. The van der Waals surface area contributed by atoms with Crippen molar-refractivity contribution < 1.29 is 19.1 Å². The Morgan fingerprint density at radius 1 is 1.14 bits per heavy atom. The van der Waals surface area contributed by atoms with Crippen molar-refractivity contribution >= 4 is 23.2 Å². The average molecular weight is 382 g/mol. The number of rotatable bonds is 6. The van der Waals surface area contributed by atoms with Crippen LogP contribution in [0.3, 0.4) is 0 Å². The Hall–Kier alpha value is -3.02. The summed E-state index contributed by atoms with van der Waals surface area (Å²) in [6.07, 6.45) is 0.163. The third-order valence-corrected chi connectivity index (χ3v) is 5.01. The van der Waals surface area contributed by atoms with Gasteiger partial charge in [0, 0.05) is 24.7 Å². The smallest absolute Gasteiger partial charge is 0.229 e. The van der Waals surface area contributed by atoms with Crippen LogP contribution in [0.1, 0.15) is 31.7 Å². The lowest BCUT2D eigenvalue weighted by Crippen LogP contribution is -2.28. The molecule has 1 heterocycles. The molecule has 1 N–H and O–H groups in total. The van der Waals surface area contributed by atoms with Gasteiger partial charge in [0.1, 0.15) is 11.5 Å². The number of methoxy groups -OCH3 is 2. The van der Waals surface area contributed by atoms with Crippen LogP contribution < -0.4 is 19.7 Å². The fourth-order valence-corrected chi connectivity index (χ4v) is 3.47. The topological polar surface area (TPSA) is 67.9 Å². The normalized spacial score (nSPS) is 16.4. The molecule has 3 rings (SSSR count). The van der Waals surface area contributed by atoms with E-state index in [1.54, 1.807) is 37.3 Å². The minimum atomic E-state index is -0.427. The molecule has 0 spiro atoms. The van der Waals surface area contributed by atoms with Gasteiger partial charge in [0.15, 0.2) is 0 Å². The molecule has 148 valence electrons. The molecule has 6 heteroatoms. The zero-order chi connectivity index (χ0) is 20.3. The molecular weight excluding hydrogens is 356 g/mol. The van der Waals surface area contributed by atoms with Crippen LogP contribution in [0.5, 0.6) is 11.5 Å². The highest BCUT2D eigenvalue weighted by Gasteiger charge is 2.36. The quantitative estimate of drug-likeness (QED) is 0.825. The summed E-state index contributed by atoms with van der Waals surface area (Å²) in [4.78, 5) is 27.1. The summed E-state index contributed by atoms with van der Waals surface area (Å²) in [6.45, 7) is 4.47. The molecule has 0 bridgehead atoms. The van der Waals surface area contributed by atoms with E-state index in [1.807, 2.05) is 24.3 Å². The van der Waals surface area contributed by atoms with Gasteiger partial charge < -0.3 is 19.7 Å². The lowest BCUT2D eigenvalue weighted by Gasteiger charge is -2.20. The summed E-state index contributed by atoms with van der Waals surface area (Å²) >= 11 is 0. The van der Waals surface area contributed by atoms with Crippen LogP contribution in [0, 0.1) is 5.92 Å². The predicted octanol–water partition coefficient (Wildman–Crippen LogP) is 3.82. The van der Waals surface area contributed by atoms with Crippen LogP contribution in [-0.2, 0) is 9.59 Å². The molecular formula is C22H26N2O4. The van der Waals surface area contributed by atoms with Crippen molar-refractivity contribution in [1.29, 1.82) is 0 Å². The number of hydrogen-bond acceptors (Lipinski definition) is 4. The standard InChI is InChI=1S/C22H26N2O4/c1-14(2)17-7-5-6-8-18(17)23-22(26)15-11-21(25)24(13-15)19-12-16(27-3)9-10-20(19)28-4/h5-10,12,14-15H,11,13H2,1-4H3,(H,23,26)/t15-/m1/s1. The minimum absolute atomic E-state index is 0.108. The van der Waals surface area contributed by atoms with Crippen LogP contribution in [0.2, 0.25) is 0 Å². The predicted molar refractivity (Wildman–Crippen MR) is 109 cm³/mol. The SMILES string of the molecule is COc1ccc(OC)c(N2C[C@H](C(=O)Nc3ccccc3C(C)C)CC2=O)c1. The lowest BCUT2D eigenvalue weighted by molar-refractivity contribution is -0.122. The molecule has 1 aliphatic heterocycles. The van der Waals surface area contributed by atoms with Crippen molar-refractivity contribution in [2.45, 2.75) is 26.2 Å². The molecule has 0 aliphatic carbocycles. The van der Waals surface area contributed by atoms with Gasteiger partial charge in [0.2, 0.25) is 11.8 Å². The van der Waals surface area contributed by atoms with Crippen LogP contribution in [0.25, 0.3) is 0 Å². The van der Waals surface area contributed by atoms with E-state index in [-0.39, 0.29) is 18.2 Å². The number of nitrogens with zero attached hydrogens (tertiary/aromatic N) is 1. The number of ether oxygens (including phenoxy) is 2. The Bertz CT molecular complexity index is 879. The highest BCUT2D eigenvalue weighted by Crippen LogP contribution is 2.36. The first-order valence-electron chi connectivity index (χ1n) is 9.36. The Labute approximate surface area is 165 Å². The van der Waals surface area contributed by atoms with Crippen LogP contribution >= 0.6 is 0 Å². The van der Waals surface area contributed by atoms with E-state index in [0.29, 0.717) is 29.6 Å². The summed E-state index contributed by atoms with van der Waals surface area (Å²) < 4.78 is 10.7. The molecule has 2 amide bonds. The maximum Gasteiger partial charge on any atom is 0.229 e. The fraction of sp³-hybridized carbons (Fsp3) is 0.364. The Balaban J connectivity index is 1.79. The van der Waals surface area contributed by atoms with E-state index in [0.717, 1.165) is 11.3 Å². The third kappa shape index (κ3) is 3.96. The van der Waals surface area contributed by atoms with Gasteiger partial charge in [0.25, 0.3) is 0 Å². The van der Waals surface area contributed by atoms with Crippen molar-refractivity contribution in [2.24, 2.45) is 5.92 Å². The van der Waals surface area contributed by atoms with Gasteiger partial charge in [-0.2, -0.15) is 0 Å². The second-order valence-electron chi connectivity index (χ2n) is 7.17. The van der Waals surface area contributed by atoms with Crippen LogP contribution in [-0.4, -0.2) is 32.6 Å². The van der Waals surface area contributed by atoms with Crippen molar-refractivity contribution in [3.8, 4) is 11.5 Å². The maximum atomic E-state index is 12.8. The monoisotopic (exact) mass is 382 g/mol. The molecule has 2 aromatic carbocycles. The highest BCUT2D eigenvalue weighted by atomic mass is 16.5. The summed E-state index contributed by atoms with van der Waals surface area (Å²) in [5.74, 6) is 0.806. The first kappa shape index (κ1) is 19.7. The minimum Gasteiger partial charge on any atom is -0.497 e. The number of benzene rings is 2. The van der Waals surface area contributed by atoms with Gasteiger partial charge >= 0.3 is 0 Å². The molecule has 1 fully saturated rings. The molecule has 0 aromatic heterocycles. The first-order chi connectivity index (χ1) is 13.4. The summed E-state index contributed by atoms with van der Waals surface area (Å²) in [5.41, 5.74) is 2.49. The lowest BCUT2D eigenvalue weighted by atomic mass is 10.0. The first-order valence-corrected chi connectivity index (χ1v) is 9.36. The fourth-order valence-electron chi connectivity index (χ4n) is 3.47. The molecule has 2 aromatic rings. The Morgan fingerprint density at radius 3 is 2.57 bits per heavy atom. The summed E-state index contributed by atoms with van der Waals surface area (Å²) in [6, 6.07) is 13.0. The van der Waals surface area contributed by atoms with E-state index in [4.69, 9.17) is 9.47 Å². The summed E-state index contributed by atoms with van der Waals surface area (Å²) in [7, 11) is 3.12. The highest BCUT2D eigenvalue weighted by molar-refractivity contribution is 6.04. The van der Waals surface area contributed by atoms with Crippen LogP contribution in [0.4, 0.5) is 11.4 Å². The molecule has 1 atom stereocenters. The van der Waals surface area contributed by atoms with Gasteiger partial charge in [-0.3, -0.25) is 9.59 Å². The third-order valence-electron chi connectivity index (χ3n) is 5.01. The van der Waals surface area contributed by atoms with Crippen molar-refractivity contribution in [1.82, 2.24) is 0 Å². The maximum absolute atomic E-state index is 12.8. The zero-order valence-corrected chi connectivity index (χ0v) is 16.7. The number of amides is 2. The molecule has 0 unspecified atom stereocenters. The molecule has 1 aliphatic rings. The number of nitrogens with one attached hydrogen (secondary N) is 1. The number of anilines is 2. The van der Waals surface area contributed by atoms with E-state index < -0.39 is 5.92 Å². The zero-order valence-electron chi connectivity index (χ0n) is 16.7. The van der Waals surface area contributed by atoms with Gasteiger partial charge in [-0.15, -0.1) is 0 Å². The largest absolute Gasteiger partial charge is 0.497 e. The molecule has 0 saturated carbocycles. The number of para-hydroxylation sites is 1. The second-order valence-corrected chi connectivity index (χ2v) is 7.17. The molecule has 28 heavy (non-hydrogen) atoms. The van der Waals surface area contributed by atoms with E-state index in [1.165, 1.54) is 0 Å². The van der Waals surface area contributed by atoms with Crippen LogP contribution in [0.15, 0.2) is 42.5 Å². The van der Waals surface area contributed by atoms with Crippen molar-refractivity contribution in [2.75, 3.05) is 31.0 Å². The molecule has 1 saturated heterocycles. The van der Waals surface area contributed by atoms with E-state index in [2.05, 4.69) is 19.2 Å². The van der Waals surface area contributed by atoms with E-state index in [9.17, 15) is 9.59 Å².